The monoisotopic (exact) mass is 451 g/mol. The number of hydrogen-bond acceptors (Lipinski definition) is 6. The predicted octanol–water partition coefficient (Wildman–Crippen LogP) is 3.64. The molecule has 0 saturated carbocycles. The second kappa shape index (κ2) is 8.65. The van der Waals surface area contributed by atoms with Crippen LogP contribution in [-0.2, 0) is 11.0 Å². The number of nitro groups is 1. The van der Waals surface area contributed by atoms with Gasteiger partial charge in [-0.15, -0.1) is 0 Å². The molecule has 0 aliphatic carbocycles. The number of imide groups is 1. The highest BCUT2D eigenvalue weighted by molar-refractivity contribution is 6.24. The molecular formula is C20H16F3N3O6. The van der Waals surface area contributed by atoms with Crippen LogP contribution in [0.4, 0.5) is 24.5 Å². The van der Waals surface area contributed by atoms with E-state index in [-0.39, 0.29) is 23.6 Å². The minimum absolute atomic E-state index is 0.0220. The first kappa shape index (κ1) is 22.7. The number of anilines is 1. The number of hydrogen-bond donors (Lipinski definition) is 1. The van der Waals surface area contributed by atoms with Gasteiger partial charge in [0.05, 0.1) is 28.3 Å². The Balaban J connectivity index is 1.84. The first-order valence-electron chi connectivity index (χ1n) is 9.32. The van der Waals surface area contributed by atoms with E-state index >= 15 is 0 Å². The average molecular weight is 451 g/mol. The summed E-state index contributed by atoms with van der Waals surface area (Å²) < 4.78 is 44.6. The number of benzene rings is 2. The first-order chi connectivity index (χ1) is 15.0. The van der Waals surface area contributed by atoms with Gasteiger partial charge in [0, 0.05) is 6.07 Å². The molecule has 9 nitrogen and oxygen atoms in total. The number of carbonyl (C=O) groups excluding carboxylic acids is 3. The first-order valence-corrected chi connectivity index (χ1v) is 9.32. The lowest BCUT2D eigenvalue weighted by atomic mass is 10.1. The summed E-state index contributed by atoms with van der Waals surface area (Å²) >= 11 is 0. The van der Waals surface area contributed by atoms with E-state index in [1.165, 1.54) is 12.1 Å². The maximum atomic E-state index is 13.1. The fourth-order valence-corrected chi connectivity index (χ4v) is 3.09. The Labute approximate surface area is 178 Å². The number of rotatable bonds is 7. The van der Waals surface area contributed by atoms with Crippen LogP contribution < -0.4 is 10.1 Å². The molecule has 1 heterocycles. The Hall–Kier alpha value is -3.96. The normalized spacial score (nSPS) is 13.2. The Kier molecular flexibility index (Phi) is 6.14. The van der Waals surface area contributed by atoms with Gasteiger partial charge in [0.1, 0.15) is 17.9 Å². The van der Waals surface area contributed by atoms with Crippen molar-refractivity contribution in [2.24, 2.45) is 0 Å². The van der Waals surface area contributed by atoms with Gasteiger partial charge in [0.25, 0.3) is 17.5 Å². The molecule has 2 aromatic carbocycles. The molecule has 2 aromatic rings. The highest BCUT2D eigenvalue weighted by Gasteiger charge is 2.41. The molecule has 0 radical (unpaired) electrons. The minimum atomic E-state index is -4.68. The summed E-state index contributed by atoms with van der Waals surface area (Å²) in [4.78, 5) is 48.4. The second-order valence-corrected chi connectivity index (χ2v) is 6.76. The lowest BCUT2D eigenvalue weighted by Gasteiger charge is -2.17. The molecule has 0 unspecified atom stereocenters. The fourth-order valence-electron chi connectivity index (χ4n) is 3.09. The third kappa shape index (κ3) is 4.38. The molecule has 0 saturated heterocycles. The van der Waals surface area contributed by atoms with Gasteiger partial charge >= 0.3 is 6.18 Å². The standard InChI is InChI=1S/C20H16F3N3O6/c1-2-8-32-15-7-6-11(20(21,22)23)9-13(15)24-16(27)10-25-18(28)12-4-3-5-14(26(30)31)17(12)19(25)29/h3-7,9H,2,8,10H2,1H3,(H,24,27). The fraction of sp³-hybridized carbons (Fsp3) is 0.250. The van der Waals surface area contributed by atoms with Gasteiger partial charge in [-0.25, -0.2) is 0 Å². The number of alkyl halides is 3. The van der Waals surface area contributed by atoms with Crippen molar-refractivity contribution < 1.29 is 37.2 Å². The number of fused-ring (bicyclic) bond motifs is 1. The lowest BCUT2D eigenvalue weighted by Crippen LogP contribution is -2.37. The summed E-state index contributed by atoms with van der Waals surface area (Å²) in [6, 6.07) is 6.02. The third-order valence-corrected chi connectivity index (χ3v) is 4.52. The zero-order valence-electron chi connectivity index (χ0n) is 16.6. The van der Waals surface area contributed by atoms with E-state index in [9.17, 15) is 37.7 Å². The van der Waals surface area contributed by atoms with Crippen molar-refractivity contribution in [3.63, 3.8) is 0 Å². The second-order valence-electron chi connectivity index (χ2n) is 6.76. The summed E-state index contributed by atoms with van der Waals surface area (Å²) in [5.41, 5.74) is -2.59. The summed E-state index contributed by atoms with van der Waals surface area (Å²) in [7, 11) is 0. The average Bonchev–Trinajstić information content (AvgIpc) is 2.97. The van der Waals surface area contributed by atoms with Crippen LogP contribution in [0.3, 0.4) is 0 Å². The summed E-state index contributed by atoms with van der Waals surface area (Å²) in [6.07, 6.45) is -4.12. The van der Waals surface area contributed by atoms with Gasteiger partial charge in [-0.2, -0.15) is 13.2 Å². The Morgan fingerprint density at radius 1 is 1.19 bits per heavy atom. The smallest absolute Gasteiger partial charge is 0.416 e. The zero-order valence-corrected chi connectivity index (χ0v) is 16.6. The highest BCUT2D eigenvalue weighted by Crippen LogP contribution is 2.35. The molecule has 3 amide bonds. The molecular weight excluding hydrogens is 435 g/mol. The molecule has 0 spiro atoms. The van der Waals surface area contributed by atoms with Gasteiger partial charge in [-0.05, 0) is 30.7 Å². The Bertz CT molecular complexity index is 1120. The SMILES string of the molecule is CCCOc1ccc(C(F)(F)F)cc1NC(=O)CN1C(=O)c2cccc([N+](=O)[O-])c2C1=O. The van der Waals surface area contributed by atoms with Crippen LogP contribution in [-0.4, -0.2) is 40.7 Å². The van der Waals surface area contributed by atoms with Crippen molar-refractivity contribution >= 4 is 29.1 Å². The third-order valence-electron chi connectivity index (χ3n) is 4.52. The van der Waals surface area contributed by atoms with Crippen molar-refractivity contribution in [2.75, 3.05) is 18.5 Å². The van der Waals surface area contributed by atoms with E-state index in [1.54, 1.807) is 6.92 Å². The predicted molar refractivity (Wildman–Crippen MR) is 104 cm³/mol. The lowest BCUT2D eigenvalue weighted by molar-refractivity contribution is -0.385. The van der Waals surface area contributed by atoms with Crippen LogP contribution in [0.25, 0.3) is 0 Å². The Morgan fingerprint density at radius 3 is 2.53 bits per heavy atom. The van der Waals surface area contributed by atoms with Crippen LogP contribution in [0.1, 0.15) is 39.6 Å². The largest absolute Gasteiger partial charge is 0.491 e. The number of halogens is 3. The summed E-state index contributed by atoms with van der Waals surface area (Å²) in [5, 5.41) is 13.4. The van der Waals surface area contributed by atoms with Crippen molar-refractivity contribution in [2.45, 2.75) is 19.5 Å². The van der Waals surface area contributed by atoms with Crippen LogP contribution in [0, 0.1) is 10.1 Å². The maximum absolute atomic E-state index is 13.1. The molecule has 12 heteroatoms. The molecule has 0 aromatic heterocycles. The van der Waals surface area contributed by atoms with Gasteiger partial charge in [0.2, 0.25) is 5.91 Å². The van der Waals surface area contributed by atoms with Gasteiger partial charge in [-0.3, -0.25) is 29.4 Å². The molecule has 168 valence electrons. The highest BCUT2D eigenvalue weighted by atomic mass is 19.4. The molecule has 1 aliphatic heterocycles. The number of nitrogens with zero attached hydrogens (tertiary/aromatic N) is 2. The van der Waals surface area contributed by atoms with Crippen LogP contribution in [0.5, 0.6) is 5.75 Å². The maximum Gasteiger partial charge on any atom is 0.416 e. The van der Waals surface area contributed by atoms with E-state index < -0.39 is 52.2 Å². The molecule has 0 atom stereocenters. The summed E-state index contributed by atoms with van der Waals surface area (Å²) in [6.45, 7) is 1.10. The molecule has 0 fully saturated rings. The molecule has 1 N–H and O–H groups in total. The number of nitro benzene ring substituents is 1. The van der Waals surface area contributed by atoms with Crippen LogP contribution in [0.15, 0.2) is 36.4 Å². The number of nitrogens with one attached hydrogen (secondary N) is 1. The van der Waals surface area contributed by atoms with Crippen molar-refractivity contribution in [1.82, 2.24) is 4.90 Å². The zero-order chi connectivity index (χ0) is 23.6. The Morgan fingerprint density at radius 2 is 1.91 bits per heavy atom. The van der Waals surface area contributed by atoms with Gasteiger partial charge < -0.3 is 10.1 Å². The minimum Gasteiger partial charge on any atom is -0.491 e. The van der Waals surface area contributed by atoms with E-state index in [2.05, 4.69) is 5.32 Å². The van der Waals surface area contributed by atoms with Crippen LogP contribution in [0.2, 0.25) is 0 Å². The van der Waals surface area contributed by atoms with E-state index in [0.717, 1.165) is 18.2 Å². The van der Waals surface area contributed by atoms with E-state index in [1.807, 2.05) is 0 Å². The molecule has 1 aliphatic rings. The van der Waals surface area contributed by atoms with Gasteiger partial charge in [-0.1, -0.05) is 13.0 Å². The van der Waals surface area contributed by atoms with E-state index in [0.29, 0.717) is 17.4 Å². The molecule has 0 bridgehead atoms. The number of ether oxygens (including phenoxy) is 1. The number of carbonyl (C=O) groups is 3. The van der Waals surface area contributed by atoms with E-state index in [4.69, 9.17) is 4.74 Å². The van der Waals surface area contributed by atoms with Crippen molar-refractivity contribution in [3.05, 3.63) is 63.2 Å². The molecule has 32 heavy (non-hydrogen) atoms. The van der Waals surface area contributed by atoms with Crippen molar-refractivity contribution in [1.29, 1.82) is 0 Å². The van der Waals surface area contributed by atoms with Gasteiger partial charge in [0.15, 0.2) is 0 Å². The van der Waals surface area contributed by atoms with Crippen molar-refractivity contribution in [3.8, 4) is 5.75 Å². The van der Waals surface area contributed by atoms with Crippen LogP contribution >= 0.6 is 0 Å². The number of amides is 3. The topological polar surface area (TPSA) is 119 Å². The summed E-state index contributed by atoms with van der Waals surface area (Å²) in [5.74, 6) is -2.97. The quantitative estimate of drug-likeness (QED) is 0.390. The molecule has 3 rings (SSSR count).